The second-order valence-corrected chi connectivity index (χ2v) is 7.52. The van der Waals surface area contributed by atoms with Gasteiger partial charge in [0.2, 0.25) is 10.0 Å². The first-order valence-electron chi connectivity index (χ1n) is 6.70. The van der Waals surface area contributed by atoms with Gasteiger partial charge in [0.15, 0.2) is 0 Å². The lowest BCUT2D eigenvalue weighted by atomic mass is 10.2. The van der Waals surface area contributed by atoms with Crippen molar-refractivity contribution in [2.24, 2.45) is 0 Å². The second-order valence-electron chi connectivity index (χ2n) is 5.03. The smallest absolute Gasteiger partial charge is 0.243 e. The maximum atomic E-state index is 12.6. The average molecular weight is 340 g/mol. The van der Waals surface area contributed by atoms with Crippen LogP contribution in [0.3, 0.4) is 0 Å². The number of hydrogen-bond acceptors (Lipinski definition) is 3. The Kier molecular flexibility index (Phi) is 5.11. The number of hydrogen-bond donors (Lipinski definition) is 0. The Morgan fingerprint density at radius 1 is 1.18 bits per heavy atom. The molecule has 0 saturated heterocycles. The van der Waals surface area contributed by atoms with E-state index in [1.807, 2.05) is 13.0 Å². The molecule has 0 atom stereocenters. The van der Waals surface area contributed by atoms with Crippen molar-refractivity contribution in [2.45, 2.75) is 18.4 Å². The summed E-state index contributed by atoms with van der Waals surface area (Å²) in [6.45, 7) is 2.04. The highest BCUT2D eigenvalue weighted by molar-refractivity contribution is 7.89. The fourth-order valence-electron chi connectivity index (χ4n) is 2.15. The standard InChI is InChI=1S/C16H18ClNO3S/c1-12-5-4-6-15(9-12)22(19,20)18(2)11-13-10-14(17)7-8-16(13)21-3/h4-10H,11H2,1-3H3. The van der Waals surface area contributed by atoms with Crippen molar-refractivity contribution >= 4 is 21.6 Å². The molecule has 0 spiro atoms. The minimum Gasteiger partial charge on any atom is -0.496 e. The third kappa shape index (κ3) is 3.61. The first-order chi connectivity index (χ1) is 10.3. The molecule has 0 amide bonds. The Morgan fingerprint density at radius 3 is 2.55 bits per heavy atom. The second kappa shape index (κ2) is 6.69. The molecular formula is C16H18ClNO3S. The third-order valence-corrected chi connectivity index (χ3v) is 5.37. The number of aryl methyl sites for hydroxylation is 1. The van der Waals surface area contributed by atoms with Crippen molar-refractivity contribution in [3.05, 3.63) is 58.6 Å². The zero-order valence-corrected chi connectivity index (χ0v) is 14.3. The monoisotopic (exact) mass is 339 g/mol. The molecule has 2 aromatic rings. The van der Waals surface area contributed by atoms with Crippen LogP contribution in [-0.2, 0) is 16.6 Å². The lowest BCUT2D eigenvalue weighted by Gasteiger charge is -2.19. The van der Waals surface area contributed by atoms with Crippen molar-refractivity contribution in [1.82, 2.24) is 4.31 Å². The van der Waals surface area contributed by atoms with E-state index >= 15 is 0 Å². The van der Waals surface area contributed by atoms with Gasteiger partial charge < -0.3 is 4.74 Å². The van der Waals surface area contributed by atoms with E-state index in [0.29, 0.717) is 16.3 Å². The van der Waals surface area contributed by atoms with Gasteiger partial charge in [-0.05, 0) is 42.8 Å². The minimum absolute atomic E-state index is 0.181. The predicted octanol–water partition coefficient (Wildman–Crippen LogP) is 3.48. The molecule has 4 nitrogen and oxygen atoms in total. The summed E-state index contributed by atoms with van der Waals surface area (Å²) in [4.78, 5) is 0.274. The van der Waals surface area contributed by atoms with Crippen molar-refractivity contribution in [2.75, 3.05) is 14.2 Å². The molecule has 0 fully saturated rings. The number of ether oxygens (including phenoxy) is 1. The number of rotatable bonds is 5. The Balaban J connectivity index is 2.32. The summed E-state index contributed by atoms with van der Waals surface area (Å²) in [6, 6.07) is 12.0. The molecule has 0 bridgehead atoms. The summed E-state index contributed by atoms with van der Waals surface area (Å²) in [5.74, 6) is 0.607. The van der Waals surface area contributed by atoms with E-state index in [4.69, 9.17) is 16.3 Å². The van der Waals surface area contributed by atoms with Crippen LogP contribution in [-0.4, -0.2) is 26.9 Å². The third-order valence-electron chi connectivity index (χ3n) is 3.33. The van der Waals surface area contributed by atoms with E-state index in [9.17, 15) is 8.42 Å². The van der Waals surface area contributed by atoms with Gasteiger partial charge in [-0.15, -0.1) is 0 Å². The zero-order valence-electron chi connectivity index (χ0n) is 12.7. The summed E-state index contributed by atoms with van der Waals surface area (Å²) < 4.78 is 31.8. The van der Waals surface area contributed by atoms with E-state index in [-0.39, 0.29) is 11.4 Å². The maximum Gasteiger partial charge on any atom is 0.243 e. The molecule has 0 heterocycles. The Morgan fingerprint density at radius 2 is 1.91 bits per heavy atom. The number of benzene rings is 2. The van der Waals surface area contributed by atoms with Gasteiger partial charge in [0.25, 0.3) is 0 Å². The molecule has 0 aliphatic carbocycles. The Bertz CT molecular complexity index is 775. The summed E-state index contributed by atoms with van der Waals surface area (Å²) >= 11 is 5.99. The Hall–Kier alpha value is -1.56. The van der Waals surface area contributed by atoms with Crippen molar-refractivity contribution in [3.63, 3.8) is 0 Å². The quantitative estimate of drug-likeness (QED) is 0.837. The summed E-state index contributed by atoms with van der Waals surface area (Å²) in [6.07, 6.45) is 0. The van der Waals surface area contributed by atoms with Gasteiger partial charge in [-0.2, -0.15) is 4.31 Å². The van der Waals surface area contributed by atoms with Crippen LogP contribution in [0.2, 0.25) is 5.02 Å². The van der Waals surface area contributed by atoms with Gasteiger partial charge in [-0.25, -0.2) is 8.42 Å². The van der Waals surface area contributed by atoms with Gasteiger partial charge in [-0.3, -0.25) is 0 Å². The van der Waals surface area contributed by atoms with Crippen LogP contribution < -0.4 is 4.74 Å². The molecule has 0 aliphatic heterocycles. The summed E-state index contributed by atoms with van der Waals surface area (Å²) in [5.41, 5.74) is 1.61. The van der Waals surface area contributed by atoms with Crippen LogP contribution in [0.5, 0.6) is 5.75 Å². The normalized spacial score (nSPS) is 11.7. The summed E-state index contributed by atoms with van der Waals surface area (Å²) in [5, 5.41) is 0.539. The lowest BCUT2D eigenvalue weighted by molar-refractivity contribution is 0.398. The highest BCUT2D eigenvalue weighted by atomic mass is 35.5. The van der Waals surface area contributed by atoms with Crippen LogP contribution in [0.15, 0.2) is 47.4 Å². The van der Waals surface area contributed by atoms with Crippen molar-refractivity contribution < 1.29 is 13.2 Å². The van der Waals surface area contributed by atoms with Gasteiger partial charge in [0.05, 0.1) is 12.0 Å². The number of halogens is 1. The zero-order chi connectivity index (χ0) is 16.3. The van der Waals surface area contributed by atoms with E-state index in [1.54, 1.807) is 43.5 Å². The van der Waals surface area contributed by atoms with Crippen LogP contribution >= 0.6 is 11.6 Å². The van der Waals surface area contributed by atoms with E-state index in [1.165, 1.54) is 11.4 Å². The van der Waals surface area contributed by atoms with Crippen LogP contribution in [0.4, 0.5) is 0 Å². The van der Waals surface area contributed by atoms with Gasteiger partial charge in [0, 0.05) is 24.2 Å². The highest BCUT2D eigenvalue weighted by Gasteiger charge is 2.22. The van der Waals surface area contributed by atoms with E-state index in [0.717, 1.165) is 5.56 Å². The number of methoxy groups -OCH3 is 1. The van der Waals surface area contributed by atoms with E-state index < -0.39 is 10.0 Å². The molecule has 22 heavy (non-hydrogen) atoms. The first-order valence-corrected chi connectivity index (χ1v) is 8.52. The lowest BCUT2D eigenvalue weighted by Crippen LogP contribution is -2.26. The van der Waals surface area contributed by atoms with Gasteiger partial charge in [0.1, 0.15) is 5.75 Å². The number of nitrogens with zero attached hydrogens (tertiary/aromatic N) is 1. The fourth-order valence-corrected chi connectivity index (χ4v) is 3.60. The molecule has 0 unspecified atom stereocenters. The van der Waals surface area contributed by atoms with Crippen LogP contribution in [0, 0.1) is 6.92 Å². The topological polar surface area (TPSA) is 46.6 Å². The molecule has 0 aromatic heterocycles. The van der Waals surface area contributed by atoms with Crippen LogP contribution in [0.1, 0.15) is 11.1 Å². The fraction of sp³-hybridized carbons (Fsp3) is 0.250. The largest absolute Gasteiger partial charge is 0.496 e. The Labute approximate surface area is 136 Å². The predicted molar refractivity (Wildman–Crippen MR) is 87.8 cm³/mol. The molecule has 2 rings (SSSR count). The van der Waals surface area contributed by atoms with Gasteiger partial charge in [-0.1, -0.05) is 23.7 Å². The van der Waals surface area contributed by atoms with Crippen molar-refractivity contribution in [1.29, 1.82) is 0 Å². The maximum absolute atomic E-state index is 12.6. The van der Waals surface area contributed by atoms with Gasteiger partial charge >= 0.3 is 0 Å². The molecule has 2 aromatic carbocycles. The molecule has 118 valence electrons. The number of sulfonamides is 1. The average Bonchev–Trinajstić information content (AvgIpc) is 2.47. The molecule has 6 heteroatoms. The summed E-state index contributed by atoms with van der Waals surface area (Å²) in [7, 11) is -0.480. The molecule has 0 aliphatic rings. The molecular weight excluding hydrogens is 322 g/mol. The molecule has 0 saturated carbocycles. The minimum atomic E-state index is -3.56. The van der Waals surface area contributed by atoms with Crippen molar-refractivity contribution in [3.8, 4) is 5.75 Å². The van der Waals surface area contributed by atoms with E-state index in [2.05, 4.69) is 0 Å². The molecule has 0 radical (unpaired) electrons. The SMILES string of the molecule is COc1ccc(Cl)cc1CN(C)S(=O)(=O)c1cccc(C)c1. The first kappa shape index (κ1) is 16.8. The molecule has 0 N–H and O–H groups in total. The highest BCUT2D eigenvalue weighted by Crippen LogP contribution is 2.26. The van der Waals surface area contributed by atoms with Crippen LogP contribution in [0.25, 0.3) is 0 Å².